The zero-order valence-electron chi connectivity index (χ0n) is 11.4. The van der Waals surface area contributed by atoms with E-state index in [1.165, 1.54) is 14.0 Å². The van der Waals surface area contributed by atoms with Crippen molar-refractivity contribution in [3.05, 3.63) is 27.0 Å². The Labute approximate surface area is 119 Å². The van der Waals surface area contributed by atoms with E-state index >= 15 is 0 Å². The first-order valence-electron chi connectivity index (χ1n) is 6.11. The van der Waals surface area contributed by atoms with Gasteiger partial charge in [-0.05, 0) is 6.92 Å². The topological polar surface area (TPSA) is 127 Å². The molecular formula is C12H15N3O6. The summed E-state index contributed by atoms with van der Waals surface area (Å²) in [6, 6.07) is 0. The number of aromatic nitrogens is 3. The fourth-order valence-electron chi connectivity index (χ4n) is 2.34. The molecular weight excluding hydrogens is 282 g/mol. The number of nitrogens with one attached hydrogen (secondary N) is 1. The molecule has 0 saturated carbocycles. The van der Waals surface area contributed by atoms with E-state index in [9.17, 15) is 19.8 Å². The van der Waals surface area contributed by atoms with Crippen molar-refractivity contribution in [3.8, 4) is 11.8 Å². The van der Waals surface area contributed by atoms with Crippen LogP contribution in [0, 0.1) is 11.8 Å². The molecule has 1 aliphatic rings. The lowest BCUT2D eigenvalue weighted by atomic mass is 9.94. The Morgan fingerprint density at radius 2 is 2.33 bits per heavy atom. The predicted octanol–water partition coefficient (Wildman–Crippen LogP) is -2.41. The maximum absolute atomic E-state index is 11.8. The third-order valence-corrected chi connectivity index (χ3v) is 3.17. The molecule has 9 nitrogen and oxygen atoms in total. The van der Waals surface area contributed by atoms with Crippen LogP contribution in [0.15, 0.2) is 15.8 Å². The van der Waals surface area contributed by atoms with E-state index in [0.717, 1.165) is 10.9 Å². The van der Waals surface area contributed by atoms with Crippen molar-refractivity contribution in [1.82, 2.24) is 14.8 Å². The van der Waals surface area contributed by atoms with Crippen LogP contribution in [0.3, 0.4) is 0 Å². The lowest BCUT2D eigenvalue weighted by molar-refractivity contribution is -0.0857. The van der Waals surface area contributed by atoms with Crippen molar-refractivity contribution in [2.24, 2.45) is 0 Å². The summed E-state index contributed by atoms with van der Waals surface area (Å²) in [6.07, 6.45) is -2.33. The number of rotatable bonds is 3. The Bertz CT molecular complexity index is 686. The molecule has 9 heteroatoms. The van der Waals surface area contributed by atoms with Gasteiger partial charge in [0.1, 0.15) is 18.4 Å². The number of aliphatic hydroxyl groups is 2. The van der Waals surface area contributed by atoms with Crippen molar-refractivity contribution >= 4 is 0 Å². The number of methoxy groups -OCH3 is 1. The van der Waals surface area contributed by atoms with E-state index in [4.69, 9.17) is 9.47 Å². The first kappa shape index (κ1) is 15.4. The van der Waals surface area contributed by atoms with Crippen LogP contribution in [0.2, 0.25) is 0 Å². The molecule has 4 atom stereocenters. The second-order valence-corrected chi connectivity index (χ2v) is 4.45. The van der Waals surface area contributed by atoms with E-state index in [-0.39, 0.29) is 0 Å². The minimum atomic E-state index is -1.90. The molecule has 2 rings (SSSR count). The van der Waals surface area contributed by atoms with Crippen molar-refractivity contribution in [1.29, 1.82) is 0 Å². The van der Waals surface area contributed by atoms with Gasteiger partial charge < -0.3 is 19.7 Å². The van der Waals surface area contributed by atoms with Crippen molar-refractivity contribution in [3.63, 3.8) is 0 Å². The molecule has 0 aromatic carbocycles. The summed E-state index contributed by atoms with van der Waals surface area (Å²) in [5.41, 5.74) is -3.44. The lowest BCUT2D eigenvalue weighted by Gasteiger charge is -2.27. The van der Waals surface area contributed by atoms with Crippen LogP contribution in [-0.4, -0.2) is 56.5 Å². The second kappa shape index (κ2) is 5.79. The lowest BCUT2D eigenvalue weighted by Crippen LogP contribution is -2.49. The highest BCUT2D eigenvalue weighted by Gasteiger charge is 2.57. The van der Waals surface area contributed by atoms with Crippen LogP contribution in [0.25, 0.3) is 0 Å². The van der Waals surface area contributed by atoms with Gasteiger partial charge in [0.25, 0.3) is 5.56 Å². The Hall–Kier alpha value is -1.99. The second-order valence-electron chi connectivity index (χ2n) is 4.45. The Kier molecular flexibility index (Phi) is 4.24. The minimum absolute atomic E-state index is 0.444. The maximum atomic E-state index is 11.8. The molecule has 3 N–H and O–H groups in total. The van der Waals surface area contributed by atoms with E-state index in [1.807, 2.05) is 4.98 Å². The molecule has 1 aromatic rings. The highest BCUT2D eigenvalue weighted by molar-refractivity contribution is 5.22. The van der Waals surface area contributed by atoms with Gasteiger partial charge in [0.15, 0.2) is 6.23 Å². The number of ether oxygens (including phenoxy) is 2. The fourth-order valence-corrected chi connectivity index (χ4v) is 2.34. The van der Waals surface area contributed by atoms with Crippen LogP contribution in [0.5, 0.6) is 0 Å². The summed E-state index contributed by atoms with van der Waals surface area (Å²) in [4.78, 5) is 24.9. The van der Waals surface area contributed by atoms with Crippen molar-refractivity contribution in [2.45, 2.75) is 31.0 Å². The quantitative estimate of drug-likeness (QED) is 0.530. The molecule has 1 fully saturated rings. The molecule has 21 heavy (non-hydrogen) atoms. The van der Waals surface area contributed by atoms with Gasteiger partial charge in [0.2, 0.25) is 5.60 Å². The van der Waals surface area contributed by atoms with E-state index in [0.29, 0.717) is 0 Å². The van der Waals surface area contributed by atoms with Gasteiger partial charge in [-0.2, -0.15) is 9.78 Å². The predicted molar refractivity (Wildman–Crippen MR) is 69.3 cm³/mol. The van der Waals surface area contributed by atoms with E-state index in [2.05, 4.69) is 16.9 Å². The molecule has 1 aliphatic heterocycles. The highest BCUT2D eigenvalue weighted by Crippen LogP contribution is 2.38. The van der Waals surface area contributed by atoms with E-state index < -0.39 is 41.9 Å². The normalized spacial score (nSPS) is 31.7. The molecule has 114 valence electrons. The molecule has 0 bridgehead atoms. The summed E-state index contributed by atoms with van der Waals surface area (Å²) in [5.74, 6) is 5.06. The standard InChI is InChI=1S/C12H15N3O6/c1-3-4-12(19)9(20-2)7(6-16)21-10(12)15-11(18)14-8(17)5-13-15/h5,7,9-10,16,19H,6H2,1-2H3,(H,14,17,18)/t7-,9+,10-,12?/m1/s1. The number of aliphatic hydroxyl groups excluding tert-OH is 1. The first-order chi connectivity index (χ1) is 9.97. The monoisotopic (exact) mass is 297 g/mol. The summed E-state index contributed by atoms with van der Waals surface area (Å²) in [7, 11) is 1.32. The van der Waals surface area contributed by atoms with Crippen LogP contribution < -0.4 is 11.2 Å². The van der Waals surface area contributed by atoms with Gasteiger partial charge in [-0.3, -0.25) is 9.78 Å². The zero-order valence-corrected chi connectivity index (χ0v) is 11.4. The van der Waals surface area contributed by atoms with Gasteiger partial charge >= 0.3 is 5.69 Å². The summed E-state index contributed by atoms with van der Waals surface area (Å²) < 4.78 is 11.3. The average molecular weight is 297 g/mol. The van der Waals surface area contributed by atoms with Gasteiger partial charge in [-0.1, -0.05) is 5.92 Å². The molecule has 1 aromatic heterocycles. The third kappa shape index (κ3) is 2.50. The number of hydrogen-bond donors (Lipinski definition) is 3. The number of aromatic amines is 1. The molecule has 1 saturated heterocycles. The number of H-pyrrole nitrogens is 1. The first-order valence-corrected chi connectivity index (χ1v) is 6.11. The smallest absolute Gasteiger partial charge is 0.347 e. The van der Waals surface area contributed by atoms with Crippen LogP contribution in [0.4, 0.5) is 0 Å². The number of nitrogens with zero attached hydrogens (tertiary/aromatic N) is 2. The van der Waals surface area contributed by atoms with Gasteiger partial charge in [0.05, 0.1) is 6.61 Å². The maximum Gasteiger partial charge on any atom is 0.347 e. The highest BCUT2D eigenvalue weighted by atomic mass is 16.6. The van der Waals surface area contributed by atoms with Crippen LogP contribution in [-0.2, 0) is 9.47 Å². The Morgan fingerprint density at radius 1 is 1.62 bits per heavy atom. The molecule has 1 unspecified atom stereocenters. The molecule has 0 radical (unpaired) electrons. The minimum Gasteiger partial charge on any atom is -0.394 e. The van der Waals surface area contributed by atoms with Gasteiger partial charge in [-0.15, -0.1) is 5.92 Å². The SMILES string of the molecule is CC#CC1(O)[C@@H](OC)[C@@H](CO)O[C@H]1n1ncc(=O)[nH]c1=O. The third-order valence-electron chi connectivity index (χ3n) is 3.17. The molecule has 0 spiro atoms. The molecule has 0 amide bonds. The summed E-state index contributed by atoms with van der Waals surface area (Å²) in [5, 5.41) is 23.7. The van der Waals surface area contributed by atoms with Crippen molar-refractivity contribution in [2.75, 3.05) is 13.7 Å². The summed E-state index contributed by atoms with van der Waals surface area (Å²) in [6.45, 7) is 1.05. The van der Waals surface area contributed by atoms with E-state index in [1.54, 1.807) is 0 Å². The molecule has 0 aliphatic carbocycles. The van der Waals surface area contributed by atoms with Crippen LogP contribution in [0.1, 0.15) is 13.2 Å². The summed E-state index contributed by atoms with van der Waals surface area (Å²) >= 11 is 0. The number of hydrogen-bond acceptors (Lipinski definition) is 7. The fraction of sp³-hybridized carbons (Fsp3) is 0.583. The Balaban J connectivity index is 2.57. The average Bonchev–Trinajstić information content (AvgIpc) is 2.71. The Morgan fingerprint density at radius 3 is 2.86 bits per heavy atom. The largest absolute Gasteiger partial charge is 0.394 e. The molecule has 2 heterocycles. The van der Waals surface area contributed by atoms with Crippen molar-refractivity contribution < 1.29 is 19.7 Å². The van der Waals surface area contributed by atoms with Gasteiger partial charge in [0, 0.05) is 7.11 Å². The zero-order chi connectivity index (χ0) is 15.6. The van der Waals surface area contributed by atoms with Gasteiger partial charge in [-0.25, -0.2) is 4.79 Å². The van der Waals surface area contributed by atoms with Crippen LogP contribution >= 0.6 is 0 Å².